The smallest absolute Gasteiger partial charge is 0.311 e. The van der Waals surface area contributed by atoms with Gasteiger partial charge in [-0.25, -0.2) is 0 Å². The van der Waals surface area contributed by atoms with Crippen molar-refractivity contribution in [1.82, 2.24) is 0 Å². The molecule has 0 spiro atoms. The highest BCUT2D eigenvalue weighted by Crippen LogP contribution is 2.23. The third kappa shape index (κ3) is 6.40. The van der Waals surface area contributed by atoms with Crippen LogP contribution in [0.1, 0.15) is 11.1 Å². The number of benzene rings is 3. The van der Waals surface area contributed by atoms with Crippen LogP contribution in [0.4, 0.5) is 11.4 Å². The molecule has 0 radical (unpaired) electrons. The number of ether oxygens (including phenoxy) is 2. The third-order valence-electron chi connectivity index (χ3n) is 4.28. The first-order chi connectivity index (χ1) is 14.9. The van der Waals surface area contributed by atoms with E-state index in [1.165, 1.54) is 18.2 Å². The minimum Gasteiger partial charge on any atom is -0.457 e. The van der Waals surface area contributed by atoms with Crippen molar-refractivity contribution in [3.05, 3.63) is 94.0 Å². The Balaban J connectivity index is 1.47. The van der Waals surface area contributed by atoms with Crippen LogP contribution in [0.5, 0.6) is 11.5 Å². The van der Waals surface area contributed by atoms with E-state index < -0.39 is 23.4 Å². The summed E-state index contributed by atoms with van der Waals surface area (Å²) in [6.45, 7) is 1.49. The number of carbonyl (C=O) groups excluding carboxylic acids is 2. The fraction of sp³-hybridized carbons (Fsp3) is 0.130. The lowest BCUT2D eigenvalue weighted by molar-refractivity contribution is -0.385. The quantitative estimate of drug-likeness (QED) is 0.328. The molecule has 31 heavy (non-hydrogen) atoms. The Kier molecular flexibility index (Phi) is 6.95. The summed E-state index contributed by atoms with van der Waals surface area (Å²) in [4.78, 5) is 34.4. The van der Waals surface area contributed by atoms with Crippen molar-refractivity contribution in [2.45, 2.75) is 13.3 Å². The molecule has 0 aromatic heterocycles. The Bertz CT molecular complexity index is 1080. The lowest BCUT2D eigenvalue weighted by atomic mass is 10.1. The first kappa shape index (κ1) is 21.5. The summed E-state index contributed by atoms with van der Waals surface area (Å²) >= 11 is 0. The number of nitrogens with one attached hydrogen (secondary N) is 1. The molecule has 1 N–H and O–H groups in total. The summed E-state index contributed by atoms with van der Waals surface area (Å²) < 4.78 is 10.7. The number of aryl methyl sites for hydroxylation is 1. The largest absolute Gasteiger partial charge is 0.457 e. The van der Waals surface area contributed by atoms with Crippen molar-refractivity contribution in [1.29, 1.82) is 0 Å². The average molecular weight is 420 g/mol. The van der Waals surface area contributed by atoms with Crippen LogP contribution in [-0.2, 0) is 20.7 Å². The van der Waals surface area contributed by atoms with E-state index in [-0.39, 0.29) is 17.7 Å². The van der Waals surface area contributed by atoms with Gasteiger partial charge in [0.1, 0.15) is 11.5 Å². The van der Waals surface area contributed by atoms with Gasteiger partial charge < -0.3 is 14.8 Å². The lowest BCUT2D eigenvalue weighted by Crippen LogP contribution is -2.21. The number of carbonyl (C=O) groups is 2. The lowest BCUT2D eigenvalue weighted by Gasteiger charge is -2.09. The molecule has 3 rings (SSSR count). The molecule has 8 heteroatoms. The standard InChI is InChI=1S/C23H20N2O6/c1-16-6-10-19(11-7-16)31-20-12-8-18(9-13-20)24-22(26)15-30-23(27)14-17-4-2-3-5-21(17)25(28)29/h2-13H,14-15H2,1H3,(H,24,26). The first-order valence-corrected chi connectivity index (χ1v) is 9.43. The fourth-order valence-electron chi connectivity index (χ4n) is 2.74. The summed E-state index contributed by atoms with van der Waals surface area (Å²) in [6, 6.07) is 20.2. The van der Waals surface area contributed by atoms with Gasteiger partial charge in [-0.05, 0) is 43.3 Å². The van der Waals surface area contributed by atoms with Crippen molar-refractivity contribution in [2.24, 2.45) is 0 Å². The minimum atomic E-state index is -0.730. The molecule has 0 aliphatic rings. The highest BCUT2D eigenvalue weighted by atomic mass is 16.6. The van der Waals surface area contributed by atoms with Gasteiger partial charge in [-0.1, -0.05) is 35.9 Å². The number of anilines is 1. The maximum absolute atomic E-state index is 12.0. The van der Waals surface area contributed by atoms with E-state index >= 15 is 0 Å². The Morgan fingerprint density at radius 3 is 2.19 bits per heavy atom. The third-order valence-corrected chi connectivity index (χ3v) is 4.28. The maximum atomic E-state index is 12.0. The van der Waals surface area contributed by atoms with Crippen LogP contribution in [0.2, 0.25) is 0 Å². The van der Waals surface area contributed by atoms with Gasteiger partial charge in [-0.15, -0.1) is 0 Å². The van der Waals surface area contributed by atoms with E-state index in [1.807, 2.05) is 31.2 Å². The second kappa shape index (κ2) is 10.0. The van der Waals surface area contributed by atoms with E-state index in [9.17, 15) is 19.7 Å². The molecule has 0 fully saturated rings. The predicted molar refractivity (Wildman–Crippen MR) is 114 cm³/mol. The number of nitro benzene ring substituents is 1. The number of hydrogen-bond acceptors (Lipinski definition) is 6. The summed E-state index contributed by atoms with van der Waals surface area (Å²) in [5, 5.41) is 13.6. The van der Waals surface area contributed by atoms with Crippen molar-refractivity contribution in [3.8, 4) is 11.5 Å². The van der Waals surface area contributed by atoms with Crippen molar-refractivity contribution < 1.29 is 24.0 Å². The molecule has 3 aromatic rings. The second-order valence-electron chi connectivity index (χ2n) is 6.71. The van der Waals surface area contributed by atoms with Crippen LogP contribution < -0.4 is 10.1 Å². The zero-order valence-electron chi connectivity index (χ0n) is 16.7. The van der Waals surface area contributed by atoms with Gasteiger partial charge in [0.25, 0.3) is 11.6 Å². The normalized spacial score (nSPS) is 10.2. The maximum Gasteiger partial charge on any atom is 0.311 e. The van der Waals surface area contributed by atoms with Gasteiger partial charge >= 0.3 is 5.97 Å². The zero-order chi connectivity index (χ0) is 22.2. The molecular weight excluding hydrogens is 400 g/mol. The minimum absolute atomic E-state index is 0.170. The van der Waals surface area contributed by atoms with Gasteiger partial charge in [0.2, 0.25) is 0 Å². The van der Waals surface area contributed by atoms with Crippen LogP contribution in [0.15, 0.2) is 72.8 Å². The van der Waals surface area contributed by atoms with Crippen LogP contribution >= 0.6 is 0 Å². The van der Waals surface area contributed by atoms with Crippen molar-refractivity contribution in [2.75, 3.05) is 11.9 Å². The monoisotopic (exact) mass is 420 g/mol. The predicted octanol–water partition coefficient (Wildman–Crippen LogP) is 4.42. The molecular formula is C23H20N2O6. The number of esters is 1. The van der Waals surface area contributed by atoms with Gasteiger partial charge in [-0.3, -0.25) is 19.7 Å². The Morgan fingerprint density at radius 1 is 0.935 bits per heavy atom. The number of nitrogens with zero attached hydrogens (tertiary/aromatic N) is 1. The van der Waals surface area contributed by atoms with Gasteiger partial charge in [-0.2, -0.15) is 0 Å². The van der Waals surface area contributed by atoms with Crippen LogP contribution in [0.3, 0.4) is 0 Å². The summed E-state index contributed by atoms with van der Waals surface area (Å²) in [6.07, 6.45) is -0.296. The van der Waals surface area contributed by atoms with Crippen LogP contribution in [0, 0.1) is 17.0 Å². The molecule has 0 aliphatic carbocycles. The molecule has 3 aromatic carbocycles. The number of amides is 1. The molecule has 0 heterocycles. The molecule has 0 atom stereocenters. The second-order valence-corrected chi connectivity index (χ2v) is 6.71. The van der Waals surface area contributed by atoms with E-state index in [2.05, 4.69) is 5.32 Å². The molecule has 0 saturated heterocycles. The topological polar surface area (TPSA) is 108 Å². The molecule has 0 saturated carbocycles. The van der Waals surface area contributed by atoms with Crippen LogP contribution in [-0.4, -0.2) is 23.4 Å². The molecule has 0 bridgehead atoms. The molecule has 1 amide bonds. The molecule has 0 aliphatic heterocycles. The van der Waals surface area contributed by atoms with E-state index in [0.717, 1.165) is 5.56 Å². The van der Waals surface area contributed by atoms with Gasteiger partial charge in [0.05, 0.1) is 11.3 Å². The molecule has 0 unspecified atom stereocenters. The highest BCUT2D eigenvalue weighted by molar-refractivity contribution is 5.93. The SMILES string of the molecule is Cc1ccc(Oc2ccc(NC(=O)COC(=O)Cc3ccccc3[N+](=O)[O-])cc2)cc1. The first-order valence-electron chi connectivity index (χ1n) is 9.43. The number of nitro groups is 1. The number of rotatable bonds is 8. The summed E-state index contributed by atoms with van der Waals surface area (Å²) in [5.41, 5.74) is 1.70. The van der Waals surface area contributed by atoms with Gasteiger partial charge in [0, 0.05) is 17.3 Å². The van der Waals surface area contributed by atoms with Crippen LogP contribution in [0.25, 0.3) is 0 Å². The molecule has 158 valence electrons. The van der Waals surface area contributed by atoms with Crippen molar-refractivity contribution >= 4 is 23.3 Å². The fourth-order valence-corrected chi connectivity index (χ4v) is 2.74. The Hall–Kier alpha value is -4.20. The Morgan fingerprint density at radius 2 is 1.55 bits per heavy atom. The number of para-hydroxylation sites is 1. The number of hydrogen-bond donors (Lipinski definition) is 1. The van der Waals surface area contributed by atoms with E-state index in [1.54, 1.807) is 30.3 Å². The van der Waals surface area contributed by atoms with E-state index in [4.69, 9.17) is 9.47 Å². The summed E-state index contributed by atoms with van der Waals surface area (Å²) in [7, 11) is 0. The zero-order valence-corrected chi connectivity index (χ0v) is 16.7. The van der Waals surface area contributed by atoms with Gasteiger partial charge in [0.15, 0.2) is 6.61 Å². The van der Waals surface area contributed by atoms with E-state index in [0.29, 0.717) is 17.2 Å². The van der Waals surface area contributed by atoms with Crippen molar-refractivity contribution in [3.63, 3.8) is 0 Å². The summed E-state index contributed by atoms with van der Waals surface area (Å²) in [5.74, 6) is 0.0556. The average Bonchev–Trinajstić information content (AvgIpc) is 2.75. The Labute approximate surface area is 178 Å². The highest BCUT2D eigenvalue weighted by Gasteiger charge is 2.17. The molecule has 8 nitrogen and oxygen atoms in total.